The van der Waals surface area contributed by atoms with Crippen molar-refractivity contribution in [1.29, 1.82) is 0 Å². The van der Waals surface area contributed by atoms with Crippen LogP contribution in [0, 0.1) is 5.92 Å². The van der Waals surface area contributed by atoms with Crippen LogP contribution >= 0.6 is 35.0 Å². The maximum Gasteiger partial charge on any atom is 0.445 e. The third-order valence-electron chi connectivity index (χ3n) is 4.06. The first-order chi connectivity index (χ1) is 12.8. The molecule has 0 fully saturated rings. The smallest absolute Gasteiger partial charge is 0.325 e. The van der Waals surface area contributed by atoms with Gasteiger partial charge >= 0.3 is 11.9 Å². The Bertz CT molecular complexity index is 942. The van der Waals surface area contributed by atoms with Crippen molar-refractivity contribution < 1.29 is 19.0 Å². The second-order valence-corrected chi connectivity index (χ2v) is 7.71. The van der Waals surface area contributed by atoms with E-state index in [0.29, 0.717) is 26.5 Å². The number of carbonyl (C=O) groups is 3. The number of imide groups is 1. The molecule has 3 rings (SSSR count). The van der Waals surface area contributed by atoms with E-state index in [0.717, 1.165) is 4.90 Å². The zero-order valence-corrected chi connectivity index (χ0v) is 16.7. The number of halogens is 2. The van der Waals surface area contributed by atoms with E-state index in [4.69, 9.17) is 23.2 Å². The number of carbonyl (C=O) groups excluding carboxylic acids is 3. The second-order valence-electron chi connectivity index (χ2n) is 5.84. The van der Waals surface area contributed by atoms with Crippen molar-refractivity contribution in [3.63, 3.8) is 0 Å². The molecule has 2 heterocycles. The Morgan fingerprint density at radius 1 is 1.33 bits per heavy atom. The molecule has 1 unspecified atom stereocenters. The Kier molecular flexibility index (Phi) is 5.69. The normalized spacial score (nSPS) is 19.2. The quantitative estimate of drug-likeness (QED) is 0.751. The number of hydrogen-bond donors (Lipinski definition) is 1. The summed E-state index contributed by atoms with van der Waals surface area (Å²) in [6.07, 6.45) is 3.20. The summed E-state index contributed by atoms with van der Waals surface area (Å²) in [6, 6.07) is 4.37. The summed E-state index contributed by atoms with van der Waals surface area (Å²) in [6.45, 7) is 0. The number of thioether (sulfide) groups is 1. The predicted molar refractivity (Wildman–Crippen MR) is 107 cm³/mol. The summed E-state index contributed by atoms with van der Waals surface area (Å²) in [5.74, 6) is -0.875. The highest BCUT2D eigenvalue weighted by Crippen LogP contribution is 2.32. The van der Waals surface area contributed by atoms with E-state index in [1.807, 2.05) is 0 Å². The highest BCUT2D eigenvalue weighted by molar-refractivity contribution is 8.03. The number of amides is 4. The number of benzene rings is 1. The van der Waals surface area contributed by atoms with Crippen LogP contribution in [0.3, 0.4) is 0 Å². The predicted octanol–water partition coefficient (Wildman–Crippen LogP) is 2.88. The van der Waals surface area contributed by atoms with Crippen molar-refractivity contribution >= 4 is 70.5 Å². The number of urea groups is 1. The van der Waals surface area contributed by atoms with Gasteiger partial charge in [0.1, 0.15) is 6.21 Å². The molecule has 4 amide bonds. The first-order valence-electron chi connectivity index (χ1n) is 7.83. The van der Waals surface area contributed by atoms with Gasteiger partial charge in [0.05, 0.1) is 29.9 Å². The van der Waals surface area contributed by atoms with Gasteiger partial charge in [0.15, 0.2) is 5.92 Å². The molecule has 10 heteroatoms. The fraction of sp³-hybridized carbons (Fsp3) is 0.235. The van der Waals surface area contributed by atoms with Gasteiger partial charge in [-0.15, -0.1) is 16.8 Å². The molecule has 1 atom stereocenters. The van der Waals surface area contributed by atoms with Crippen LogP contribution in [0.25, 0.3) is 0 Å². The van der Waals surface area contributed by atoms with Gasteiger partial charge in [0.25, 0.3) is 5.84 Å². The van der Waals surface area contributed by atoms with Crippen molar-refractivity contribution in [2.45, 2.75) is 0 Å². The van der Waals surface area contributed by atoms with Gasteiger partial charge in [-0.3, -0.25) is 9.59 Å². The third-order valence-corrected chi connectivity index (χ3v) is 5.91. The van der Waals surface area contributed by atoms with E-state index in [9.17, 15) is 14.4 Å². The Balaban J connectivity index is 1.70. The molecule has 27 heavy (non-hydrogen) atoms. The lowest BCUT2D eigenvalue weighted by Gasteiger charge is -2.26. The van der Waals surface area contributed by atoms with Crippen LogP contribution < -0.4 is 5.32 Å². The number of aliphatic imine (C=N–C) groups is 1. The molecule has 2 aliphatic rings. The Morgan fingerprint density at radius 2 is 2.07 bits per heavy atom. The molecule has 140 valence electrons. The number of nitrogens with one attached hydrogen (secondary N) is 1. The Hall–Kier alpha value is -2.16. The van der Waals surface area contributed by atoms with Crippen molar-refractivity contribution in [2.24, 2.45) is 10.9 Å². The number of fused-ring (bicyclic) bond motifs is 1. The monoisotopic (exact) mass is 425 g/mol. The van der Waals surface area contributed by atoms with Gasteiger partial charge in [-0.2, -0.15) is 9.48 Å². The fourth-order valence-corrected chi connectivity index (χ4v) is 3.86. The van der Waals surface area contributed by atoms with Crippen LogP contribution in [0.5, 0.6) is 0 Å². The summed E-state index contributed by atoms with van der Waals surface area (Å²) in [5.41, 5.74) is 0.528. The maximum atomic E-state index is 12.5. The van der Waals surface area contributed by atoms with E-state index >= 15 is 0 Å². The number of allylic oxidation sites excluding steroid dienone is 1. The molecule has 1 aromatic rings. The summed E-state index contributed by atoms with van der Waals surface area (Å²) in [7, 11) is 2.99. The maximum absolute atomic E-state index is 12.5. The lowest BCUT2D eigenvalue weighted by Crippen LogP contribution is -2.52. The molecule has 1 N–H and O–H groups in total. The number of nitrogens with zero attached hydrogens (tertiary/aromatic N) is 3. The molecule has 7 nitrogen and oxygen atoms in total. The topological polar surface area (TPSA) is 81.8 Å². The van der Waals surface area contributed by atoms with Crippen molar-refractivity contribution in [2.75, 3.05) is 25.2 Å². The van der Waals surface area contributed by atoms with Crippen LogP contribution in [0.15, 0.2) is 34.2 Å². The van der Waals surface area contributed by atoms with Crippen LogP contribution in [-0.2, 0) is 9.59 Å². The zero-order chi connectivity index (χ0) is 19.7. The zero-order valence-electron chi connectivity index (χ0n) is 14.4. The minimum absolute atomic E-state index is 0.0817. The molecule has 0 saturated heterocycles. The third kappa shape index (κ3) is 3.92. The largest absolute Gasteiger partial charge is 0.445 e. The van der Waals surface area contributed by atoms with E-state index in [1.165, 1.54) is 29.6 Å². The minimum atomic E-state index is -0.689. The average molecular weight is 426 g/mol. The number of amidine groups is 1. The first-order valence-corrected chi connectivity index (χ1v) is 9.57. The van der Waals surface area contributed by atoms with Crippen LogP contribution in [0.4, 0.5) is 10.5 Å². The summed E-state index contributed by atoms with van der Waals surface area (Å²) in [4.78, 5) is 42.7. The highest BCUT2D eigenvalue weighted by Gasteiger charge is 2.47. The minimum Gasteiger partial charge on any atom is -0.325 e. The first kappa shape index (κ1) is 19.6. The highest BCUT2D eigenvalue weighted by atomic mass is 35.5. The summed E-state index contributed by atoms with van der Waals surface area (Å²) < 4.78 is 1.34. The van der Waals surface area contributed by atoms with Gasteiger partial charge in [0, 0.05) is 10.6 Å². The number of dihydropyridines is 1. The fourth-order valence-electron chi connectivity index (χ4n) is 2.66. The van der Waals surface area contributed by atoms with Gasteiger partial charge in [0.2, 0.25) is 5.91 Å². The van der Waals surface area contributed by atoms with Crippen molar-refractivity contribution in [3.05, 3.63) is 39.2 Å². The number of anilines is 1. The lowest BCUT2D eigenvalue weighted by molar-refractivity contribution is -0.407. The van der Waals surface area contributed by atoms with Gasteiger partial charge in [-0.1, -0.05) is 23.2 Å². The van der Waals surface area contributed by atoms with E-state index < -0.39 is 11.9 Å². The Morgan fingerprint density at radius 3 is 2.78 bits per heavy atom. The van der Waals surface area contributed by atoms with Crippen LogP contribution in [0.2, 0.25) is 10.0 Å². The van der Waals surface area contributed by atoms with Gasteiger partial charge < -0.3 is 5.32 Å². The Labute approximate surface area is 169 Å². The summed E-state index contributed by atoms with van der Waals surface area (Å²) >= 11 is 13.0. The van der Waals surface area contributed by atoms with E-state index in [1.54, 1.807) is 31.3 Å². The van der Waals surface area contributed by atoms with Crippen molar-refractivity contribution in [3.8, 4) is 0 Å². The molecule has 0 spiro atoms. The second kappa shape index (κ2) is 7.84. The van der Waals surface area contributed by atoms with Crippen LogP contribution in [0.1, 0.15) is 0 Å². The van der Waals surface area contributed by atoms with E-state index in [-0.39, 0.29) is 17.6 Å². The molecule has 0 aliphatic carbocycles. The molecular formula is C17H15Cl2N4O3S+. The molecule has 0 aromatic heterocycles. The molecule has 1 aromatic carbocycles. The van der Waals surface area contributed by atoms with Gasteiger partial charge in [-0.05, 0) is 24.3 Å². The van der Waals surface area contributed by atoms with E-state index in [2.05, 4.69) is 10.3 Å². The SMILES string of the molecule is CN1C(=O)C2C(SCC(=O)Nc3ccc(Cl)c(Cl)c3)=CC=NC2=[N+](C)C1=O. The standard InChI is InChI=1S/C17H14Cl2N4O3S/c1-22-15-14(16(25)23(2)17(22)26)12(5-6-20-15)27-8-13(24)21-9-3-4-10(18)11(19)7-9/h3-7,14H,8H2,1-2H3/p+1. The molecule has 0 radical (unpaired) electrons. The molecule has 0 saturated carbocycles. The van der Waals surface area contributed by atoms with Gasteiger partial charge in [-0.25, -0.2) is 4.79 Å². The molecular weight excluding hydrogens is 411 g/mol. The lowest BCUT2D eigenvalue weighted by atomic mass is 10.0. The average Bonchev–Trinajstić information content (AvgIpc) is 2.65. The number of rotatable bonds is 4. The van der Waals surface area contributed by atoms with Crippen LogP contribution in [-0.4, -0.2) is 59.2 Å². The number of hydrogen-bond acceptors (Lipinski definition) is 5. The molecule has 0 bridgehead atoms. The molecule has 2 aliphatic heterocycles. The van der Waals surface area contributed by atoms with Crippen molar-refractivity contribution in [1.82, 2.24) is 4.90 Å². The summed E-state index contributed by atoms with van der Waals surface area (Å²) in [5, 5.41) is 3.47.